The number of aliphatic hydroxyl groups is 1. The largest absolute Gasteiger partial charge is 0.479 e. The minimum atomic E-state index is -1.98. The minimum absolute atomic E-state index is 0.349. The highest BCUT2D eigenvalue weighted by atomic mass is 16.4. The first-order valence-electron chi connectivity index (χ1n) is 5.78. The maximum absolute atomic E-state index is 11.4. The first kappa shape index (κ1) is 15.0. The highest BCUT2D eigenvalue weighted by Crippen LogP contribution is 2.00. The van der Waals surface area contributed by atoms with Crippen LogP contribution in [0.4, 0.5) is 4.79 Å². The van der Waals surface area contributed by atoms with Gasteiger partial charge in [-0.2, -0.15) is 5.10 Å². The van der Waals surface area contributed by atoms with Gasteiger partial charge in [0.15, 0.2) is 5.60 Å². The summed E-state index contributed by atoms with van der Waals surface area (Å²) in [5.74, 6) is -1.39. The molecule has 0 spiro atoms. The normalized spacial score (nSPS) is 13.6. The lowest BCUT2D eigenvalue weighted by Gasteiger charge is -2.18. The Morgan fingerprint density at radius 2 is 2.16 bits per heavy atom. The number of carbonyl (C=O) groups excluding carboxylic acids is 1. The third-order valence-corrected chi connectivity index (χ3v) is 2.44. The van der Waals surface area contributed by atoms with Crippen molar-refractivity contribution in [2.45, 2.75) is 26.0 Å². The number of aromatic nitrogens is 2. The van der Waals surface area contributed by atoms with E-state index >= 15 is 0 Å². The van der Waals surface area contributed by atoms with Gasteiger partial charge in [-0.05, 0) is 19.4 Å². The van der Waals surface area contributed by atoms with Crippen LogP contribution in [0.5, 0.6) is 0 Å². The Hall–Kier alpha value is -2.09. The average molecular weight is 270 g/mol. The Labute approximate surface area is 110 Å². The molecule has 19 heavy (non-hydrogen) atoms. The number of hydrogen-bond acceptors (Lipinski definition) is 4. The van der Waals surface area contributed by atoms with Gasteiger partial charge in [0.2, 0.25) is 0 Å². The number of nitrogens with zero attached hydrogens (tertiary/aromatic N) is 2. The van der Waals surface area contributed by atoms with E-state index in [0.29, 0.717) is 13.1 Å². The topological polar surface area (TPSA) is 116 Å². The Bertz CT molecular complexity index is 455. The SMILES string of the molecule is Cc1cnn(CCNC(=O)NCC(C)(O)C(=O)O)c1. The molecule has 0 aliphatic carbocycles. The lowest BCUT2D eigenvalue weighted by atomic mass is 10.1. The van der Waals surface area contributed by atoms with E-state index in [1.165, 1.54) is 0 Å². The number of aryl methyl sites for hydroxylation is 1. The van der Waals surface area contributed by atoms with Gasteiger partial charge < -0.3 is 20.8 Å². The van der Waals surface area contributed by atoms with Crippen LogP contribution in [0.25, 0.3) is 0 Å². The summed E-state index contributed by atoms with van der Waals surface area (Å²) < 4.78 is 1.68. The van der Waals surface area contributed by atoms with E-state index in [0.717, 1.165) is 12.5 Å². The molecule has 8 nitrogen and oxygen atoms in total. The van der Waals surface area contributed by atoms with Crippen molar-refractivity contribution in [2.75, 3.05) is 13.1 Å². The summed E-state index contributed by atoms with van der Waals surface area (Å²) in [4.78, 5) is 22.0. The molecule has 0 aromatic carbocycles. The van der Waals surface area contributed by atoms with E-state index in [1.807, 2.05) is 13.1 Å². The number of aliphatic carboxylic acids is 1. The fourth-order valence-electron chi connectivity index (χ4n) is 1.26. The van der Waals surface area contributed by atoms with Gasteiger partial charge >= 0.3 is 12.0 Å². The van der Waals surface area contributed by atoms with Crippen molar-refractivity contribution in [2.24, 2.45) is 0 Å². The average Bonchev–Trinajstić information content (AvgIpc) is 2.72. The molecule has 1 aromatic heterocycles. The molecule has 0 saturated heterocycles. The minimum Gasteiger partial charge on any atom is -0.479 e. The lowest BCUT2D eigenvalue weighted by Crippen LogP contribution is -2.49. The van der Waals surface area contributed by atoms with Crippen LogP contribution in [0, 0.1) is 6.92 Å². The number of hydrogen-bond donors (Lipinski definition) is 4. The summed E-state index contributed by atoms with van der Waals surface area (Å²) in [5, 5.41) is 26.9. The highest BCUT2D eigenvalue weighted by molar-refractivity contribution is 5.79. The zero-order valence-electron chi connectivity index (χ0n) is 10.9. The van der Waals surface area contributed by atoms with Crippen LogP contribution in [0.1, 0.15) is 12.5 Å². The first-order valence-corrected chi connectivity index (χ1v) is 5.78. The van der Waals surface area contributed by atoms with E-state index < -0.39 is 17.6 Å². The van der Waals surface area contributed by atoms with Gasteiger partial charge in [0, 0.05) is 12.7 Å². The molecule has 8 heteroatoms. The summed E-state index contributed by atoms with van der Waals surface area (Å²) in [6.45, 7) is 3.52. The van der Waals surface area contributed by atoms with Gasteiger partial charge in [-0.25, -0.2) is 9.59 Å². The Morgan fingerprint density at radius 1 is 1.47 bits per heavy atom. The molecule has 0 fully saturated rings. The van der Waals surface area contributed by atoms with Crippen molar-refractivity contribution in [1.82, 2.24) is 20.4 Å². The third kappa shape index (κ3) is 4.96. The number of carboxylic acids is 1. The summed E-state index contributed by atoms with van der Waals surface area (Å²) >= 11 is 0. The van der Waals surface area contributed by atoms with E-state index in [4.69, 9.17) is 5.11 Å². The molecule has 0 saturated carbocycles. The second kappa shape index (κ2) is 6.19. The number of amides is 2. The van der Waals surface area contributed by atoms with Crippen molar-refractivity contribution >= 4 is 12.0 Å². The molecular weight excluding hydrogens is 252 g/mol. The lowest BCUT2D eigenvalue weighted by molar-refractivity contribution is -0.155. The Morgan fingerprint density at radius 3 is 2.68 bits per heavy atom. The smallest absolute Gasteiger partial charge is 0.337 e. The van der Waals surface area contributed by atoms with Gasteiger partial charge in [0.05, 0.1) is 19.3 Å². The second-order valence-corrected chi connectivity index (χ2v) is 4.47. The van der Waals surface area contributed by atoms with Gasteiger partial charge in [-0.3, -0.25) is 4.68 Å². The van der Waals surface area contributed by atoms with Crippen LogP contribution < -0.4 is 10.6 Å². The maximum Gasteiger partial charge on any atom is 0.337 e. The van der Waals surface area contributed by atoms with Crippen LogP contribution in [0.2, 0.25) is 0 Å². The van der Waals surface area contributed by atoms with Crippen molar-refractivity contribution in [3.8, 4) is 0 Å². The highest BCUT2D eigenvalue weighted by Gasteiger charge is 2.30. The number of rotatable bonds is 6. The molecule has 2 amide bonds. The third-order valence-electron chi connectivity index (χ3n) is 2.44. The van der Waals surface area contributed by atoms with Crippen LogP contribution in [-0.2, 0) is 11.3 Å². The molecule has 1 atom stereocenters. The van der Waals surface area contributed by atoms with Gasteiger partial charge in [-0.15, -0.1) is 0 Å². The van der Waals surface area contributed by atoms with E-state index in [1.54, 1.807) is 10.9 Å². The number of carboxylic acid groups (broad SMARTS) is 1. The Balaban J connectivity index is 2.23. The van der Waals surface area contributed by atoms with Gasteiger partial charge in [-0.1, -0.05) is 0 Å². The molecule has 1 heterocycles. The fraction of sp³-hybridized carbons (Fsp3) is 0.545. The molecule has 0 bridgehead atoms. The molecule has 1 rings (SSSR count). The molecule has 0 radical (unpaired) electrons. The summed E-state index contributed by atoms with van der Waals surface area (Å²) in [7, 11) is 0. The molecule has 1 unspecified atom stereocenters. The zero-order valence-corrected chi connectivity index (χ0v) is 10.9. The fourth-order valence-corrected chi connectivity index (χ4v) is 1.26. The number of urea groups is 1. The molecule has 0 aliphatic rings. The predicted octanol–water partition coefficient (Wildman–Crippen LogP) is -0.674. The summed E-state index contributed by atoms with van der Waals surface area (Å²) in [6, 6.07) is -0.537. The van der Waals surface area contributed by atoms with Crippen LogP contribution >= 0.6 is 0 Å². The van der Waals surface area contributed by atoms with Crippen molar-refractivity contribution in [3.05, 3.63) is 18.0 Å². The van der Waals surface area contributed by atoms with Crippen molar-refractivity contribution < 1.29 is 19.8 Å². The summed E-state index contributed by atoms with van der Waals surface area (Å²) in [5.41, 5.74) is -0.946. The van der Waals surface area contributed by atoms with Crippen molar-refractivity contribution in [3.63, 3.8) is 0 Å². The predicted molar refractivity (Wildman–Crippen MR) is 66.6 cm³/mol. The first-order chi connectivity index (χ1) is 8.81. The molecular formula is C11H18N4O4. The molecule has 106 valence electrons. The monoisotopic (exact) mass is 270 g/mol. The standard InChI is InChI=1S/C11H18N4O4/c1-8-5-14-15(6-8)4-3-12-10(18)13-7-11(2,19)9(16)17/h5-6,19H,3-4,7H2,1-2H3,(H,16,17)(H2,12,13,18). The Kier molecular flexibility index (Phi) is 4.87. The van der Waals surface area contributed by atoms with Crippen molar-refractivity contribution in [1.29, 1.82) is 0 Å². The molecule has 1 aromatic rings. The van der Waals surface area contributed by atoms with E-state index in [9.17, 15) is 14.7 Å². The zero-order chi connectivity index (χ0) is 14.5. The van der Waals surface area contributed by atoms with E-state index in [2.05, 4.69) is 15.7 Å². The van der Waals surface area contributed by atoms with Gasteiger partial charge in [0.25, 0.3) is 0 Å². The van der Waals surface area contributed by atoms with Crippen LogP contribution in [0.3, 0.4) is 0 Å². The summed E-state index contributed by atoms with van der Waals surface area (Å²) in [6.07, 6.45) is 3.55. The number of nitrogens with one attached hydrogen (secondary N) is 2. The number of carbonyl (C=O) groups is 2. The van der Waals surface area contributed by atoms with Gasteiger partial charge in [0.1, 0.15) is 0 Å². The quantitative estimate of drug-likeness (QED) is 0.547. The van der Waals surface area contributed by atoms with Crippen LogP contribution in [-0.4, -0.2) is 50.7 Å². The molecule has 4 N–H and O–H groups in total. The maximum atomic E-state index is 11.4. The molecule has 0 aliphatic heterocycles. The second-order valence-electron chi connectivity index (χ2n) is 4.47. The van der Waals surface area contributed by atoms with Crippen LogP contribution in [0.15, 0.2) is 12.4 Å². The van der Waals surface area contributed by atoms with E-state index in [-0.39, 0.29) is 6.54 Å².